The molecule has 0 aliphatic carbocycles. The topological polar surface area (TPSA) is 57.6 Å². The third kappa shape index (κ3) is 6.75. The lowest BCUT2D eigenvalue weighted by atomic mass is 9.98. The van der Waals surface area contributed by atoms with Crippen LogP contribution < -0.4 is 4.90 Å². The molecule has 32 heavy (non-hydrogen) atoms. The zero-order chi connectivity index (χ0) is 24.1. The van der Waals surface area contributed by atoms with E-state index in [1.165, 1.54) is 6.07 Å². The Morgan fingerprint density at radius 1 is 1.12 bits per heavy atom. The number of benzene rings is 1. The molecule has 0 unspecified atom stereocenters. The fourth-order valence-electron chi connectivity index (χ4n) is 3.36. The SMILES string of the molecule is CCCC(CCC)N(C(=O)c1ccc(Cl)cc1Cl)c1cc(C#CC(C)(C)C)sc1C(=O)O. The maximum absolute atomic E-state index is 13.7. The Morgan fingerprint density at radius 3 is 2.25 bits per heavy atom. The quantitative estimate of drug-likeness (QED) is 0.382. The maximum atomic E-state index is 13.7. The summed E-state index contributed by atoms with van der Waals surface area (Å²) in [6.07, 6.45) is 3.18. The average molecular weight is 494 g/mol. The molecular weight excluding hydrogens is 465 g/mol. The number of aromatic carboxylic acids is 1. The van der Waals surface area contributed by atoms with Gasteiger partial charge >= 0.3 is 5.97 Å². The number of carbonyl (C=O) groups excluding carboxylic acids is 1. The summed E-state index contributed by atoms with van der Waals surface area (Å²) in [4.78, 5) is 28.2. The van der Waals surface area contributed by atoms with Crippen molar-refractivity contribution >= 4 is 52.1 Å². The van der Waals surface area contributed by atoms with Gasteiger partial charge in [0.15, 0.2) is 0 Å². The van der Waals surface area contributed by atoms with E-state index in [1.54, 1.807) is 23.1 Å². The van der Waals surface area contributed by atoms with E-state index in [-0.39, 0.29) is 32.8 Å². The third-order valence-corrected chi connectivity index (χ3v) is 6.29. The highest BCUT2D eigenvalue weighted by molar-refractivity contribution is 7.15. The van der Waals surface area contributed by atoms with Gasteiger partial charge in [-0.25, -0.2) is 4.79 Å². The lowest BCUT2D eigenvalue weighted by Crippen LogP contribution is -2.41. The molecule has 0 saturated carbocycles. The standard InChI is InChI=1S/C25H29Cl2NO3S/c1-6-8-17(9-7-2)28(23(29)19-11-10-16(26)14-20(19)27)21-15-18(12-13-25(3,4)5)32-22(21)24(30)31/h10-11,14-15,17H,6-9H2,1-5H3,(H,30,31). The van der Waals surface area contributed by atoms with Crippen molar-refractivity contribution in [3.8, 4) is 11.8 Å². The van der Waals surface area contributed by atoms with Crippen molar-refractivity contribution < 1.29 is 14.7 Å². The Balaban J connectivity index is 2.70. The number of hydrogen-bond acceptors (Lipinski definition) is 3. The molecule has 0 atom stereocenters. The molecule has 0 aliphatic rings. The molecule has 0 radical (unpaired) electrons. The van der Waals surface area contributed by atoms with Gasteiger partial charge in [-0.2, -0.15) is 0 Å². The largest absolute Gasteiger partial charge is 0.477 e. The number of halogens is 2. The van der Waals surface area contributed by atoms with Gasteiger partial charge in [-0.15, -0.1) is 11.3 Å². The normalized spacial score (nSPS) is 11.2. The van der Waals surface area contributed by atoms with Crippen LogP contribution in [-0.2, 0) is 0 Å². The van der Waals surface area contributed by atoms with Gasteiger partial charge < -0.3 is 10.0 Å². The second-order valence-corrected chi connectivity index (χ2v) is 10.6. The summed E-state index contributed by atoms with van der Waals surface area (Å²) in [7, 11) is 0. The van der Waals surface area contributed by atoms with E-state index in [0.29, 0.717) is 15.6 Å². The molecular formula is C25H29Cl2NO3S. The molecule has 1 aromatic carbocycles. The Bertz CT molecular complexity index is 1040. The van der Waals surface area contributed by atoms with Gasteiger partial charge in [0.1, 0.15) is 4.88 Å². The number of carboxylic acid groups (broad SMARTS) is 1. The summed E-state index contributed by atoms with van der Waals surface area (Å²) in [5.41, 5.74) is 0.425. The van der Waals surface area contributed by atoms with Crippen LogP contribution in [0, 0.1) is 17.3 Å². The van der Waals surface area contributed by atoms with Crippen molar-refractivity contribution in [2.75, 3.05) is 4.90 Å². The number of carboxylic acids is 1. The first-order valence-corrected chi connectivity index (χ1v) is 12.2. The Morgan fingerprint density at radius 2 is 1.75 bits per heavy atom. The maximum Gasteiger partial charge on any atom is 0.348 e. The highest BCUT2D eigenvalue weighted by Gasteiger charge is 2.31. The highest BCUT2D eigenvalue weighted by atomic mass is 35.5. The zero-order valence-electron chi connectivity index (χ0n) is 19.1. The molecule has 0 saturated heterocycles. The molecule has 7 heteroatoms. The van der Waals surface area contributed by atoms with E-state index in [2.05, 4.69) is 11.8 Å². The third-order valence-electron chi connectivity index (χ3n) is 4.72. The Hall–Kier alpha value is -2.00. The molecule has 172 valence electrons. The van der Waals surface area contributed by atoms with E-state index >= 15 is 0 Å². The average Bonchev–Trinajstić information content (AvgIpc) is 3.10. The van der Waals surface area contributed by atoms with Crippen LogP contribution in [0.1, 0.15) is 85.2 Å². The van der Waals surface area contributed by atoms with Crippen molar-refractivity contribution in [3.63, 3.8) is 0 Å². The van der Waals surface area contributed by atoms with Crippen LogP contribution in [0.5, 0.6) is 0 Å². The summed E-state index contributed by atoms with van der Waals surface area (Å²) in [6.45, 7) is 10.1. The molecule has 4 nitrogen and oxygen atoms in total. The molecule has 2 rings (SSSR count). The molecule has 1 heterocycles. The molecule has 0 fully saturated rings. The number of carbonyl (C=O) groups is 2. The van der Waals surface area contributed by atoms with Gasteiger partial charge in [0, 0.05) is 16.5 Å². The monoisotopic (exact) mass is 493 g/mol. The number of rotatable bonds is 8. The molecule has 1 aromatic heterocycles. The van der Waals surface area contributed by atoms with E-state index in [1.807, 2.05) is 34.6 Å². The van der Waals surface area contributed by atoms with Crippen LogP contribution in [-0.4, -0.2) is 23.0 Å². The molecule has 0 spiro atoms. The van der Waals surface area contributed by atoms with Gasteiger partial charge in [-0.3, -0.25) is 4.79 Å². The lowest BCUT2D eigenvalue weighted by molar-refractivity contribution is 0.0703. The Labute approximate surface area is 204 Å². The van der Waals surface area contributed by atoms with E-state index in [0.717, 1.165) is 37.0 Å². The van der Waals surface area contributed by atoms with E-state index in [9.17, 15) is 14.7 Å². The molecule has 1 N–H and O–H groups in total. The molecule has 0 bridgehead atoms. The molecule has 1 amide bonds. The summed E-state index contributed by atoms with van der Waals surface area (Å²) in [5.74, 6) is 4.80. The van der Waals surface area contributed by atoms with Crippen LogP contribution in [0.25, 0.3) is 0 Å². The zero-order valence-corrected chi connectivity index (χ0v) is 21.4. The highest BCUT2D eigenvalue weighted by Crippen LogP contribution is 2.36. The van der Waals surface area contributed by atoms with Gasteiger partial charge in [-0.1, -0.05) is 61.7 Å². The fraction of sp³-hybridized carbons (Fsp3) is 0.440. The van der Waals surface area contributed by atoms with Gasteiger partial charge in [0.05, 0.1) is 21.2 Å². The summed E-state index contributed by atoms with van der Waals surface area (Å²) in [5, 5.41) is 10.6. The smallest absolute Gasteiger partial charge is 0.348 e. The van der Waals surface area contributed by atoms with Crippen molar-refractivity contribution in [2.24, 2.45) is 5.41 Å². The summed E-state index contributed by atoms with van der Waals surface area (Å²) >= 11 is 13.5. The first-order chi connectivity index (χ1) is 15.0. The minimum absolute atomic E-state index is 0.0962. The van der Waals surface area contributed by atoms with Crippen molar-refractivity contribution in [1.82, 2.24) is 0 Å². The second-order valence-electron chi connectivity index (χ2n) is 8.66. The fourth-order valence-corrected chi connectivity index (χ4v) is 4.69. The van der Waals surface area contributed by atoms with Crippen LogP contribution in [0.2, 0.25) is 10.0 Å². The van der Waals surface area contributed by atoms with Crippen LogP contribution in [0.4, 0.5) is 5.69 Å². The summed E-state index contributed by atoms with van der Waals surface area (Å²) < 4.78 is 0. The molecule has 2 aromatic rings. The number of anilines is 1. The van der Waals surface area contributed by atoms with E-state index < -0.39 is 5.97 Å². The van der Waals surface area contributed by atoms with Crippen LogP contribution >= 0.6 is 34.5 Å². The van der Waals surface area contributed by atoms with Crippen LogP contribution in [0.15, 0.2) is 24.3 Å². The van der Waals surface area contributed by atoms with Crippen LogP contribution in [0.3, 0.4) is 0 Å². The lowest BCUT2D eigenvalue weighted by Gasteiger charge is -2.32. The predicted molar refractivity (Wildman–Crippen MR) is 134 cm³/mol. The van der Waals surface area contributed by atoms with Gasteiger partial charge in [-0.05, 0) is 57.9 Å². The number of nitrogens with zero attached hydrogens (tertiary/aromatic N) is 1. The first kappa shape index (κ1) is 26.3. The van der Waals surface area contributed by atoms with Crippen molar-refractivity contribution in [2.45, 2.75) is 66.3 Å². The van der Waals surface area contributed by atoms with Crippen molar-refractivity contribution in [3.05, 3.63) is 49.6 Å². The predicted octanol–water partition coefficient (Wildman–Crippen LogP) is 7.77. The second kappa shape index (κ2) is 11.2. The minimum atomic E-state index is -1.08. The van der Waals surface area contributed by atoms with Crippen molar-refractivity contribution in [1.29, 1.82) is 0 Å². The number of amides is 1. The van der Waals surface area contributed by atoms with Gasteiger partial charge in [0.2, 0.25) is 0 Å². The first-order valence-electron chi connectivity index (χ1n) is 10.7. The molecule has 0 aliphatic heterocycles. The van der Waals surface area contributed by atoms with Gasteiger partial charge in [0.25, 0.3) is 5.91 Å². The summed E-state index contributed by atoms with van der Waals surface area (Å²) in [6, 6.07) is 6.27. The number of hydrogen-bond donors (Lipinski definition) is 1. The van der Waals surface area contributed by atoms with E-state index in [4.69, 9.17) is 23.2 Å². The number of thiophene rings is 1. The Kier molecular flexibility index (Phi) is 9.21. The minimum Gasteiger partial charge on any atom is -0.477 e.